The van der Waals surface area contributed by atoms with Gasteiger partial charge in [0.25, 0.3) is 0 Å². The molecule has 1 aromatic rings. The van der Waals surface area contributed by atoms with Crippen molar-refractivity contribution < 1.29 is 9.90 Å². The summed E-state index contributed by atoms with van der Waals surface area (Å²) in [6.07, 6.45) is 7.37. The standard InChI is InChI=1S/C17H25N5O2/c1-12(20-13-4-3-8-22(2)9-6-13)15(10-18)21-16-11-19-7-5-14(16)17(23)24/h5,7,10-11,13,18,20-21H,3-4,6,8-9H2,1-2H3,(H,23,24)/b15-12+,18-10?. The van der Waals surface area contributed by atoms with E-state index < -0.39 is 5.97 Å². The van der Waals surface area contributed by atoms with Gasteiger partial charge >= 0.3 is 5.97 Å². The van der Waals surface area contributed by atoms with E-state index in [-0.39, 0.29) is 5.56 Å². The first-order valence-electron chi connectivity index (χ1n) is 8.12. The second-order valence-corrected chi connectivity index (χ2v) is 6.11. The smallest absolute Gasteiger partial charge is 0.337 e. The Bertz CT molecular complexity index is 629. The summed E-state index contributed by atoms with van der Waals surface area (Å²) in [6, 6.07) is 1.80. The Morgan fingerprint density at radius 1 is 1.46 bits per heavy atom. The lowest BCUT2D eigenvalue weighted by Crippen LogP contribution is -2.30. The van der Waals surface area contributed by atoms with E-state index in [1.54, 1.807) is 0 Å². The van der Waals surface area contributed by atoms with Crippen LogP contribution in [-0.2, 0) is 0 Å². The van der Waals surface area contributed by atoms with Crippen LogP contribution in [-0.4, -0.2) is 53.4 Å². The van der Waals surface area contributed by atoms with E-state index in [1.807, 2.05) is 6.92 Å². The number of anilines is 1. The van der Waals surface area contributed by atoms with E-state index in [2.05, 4.69) is 27.6 Å². The number of nitrogens with one attached hydrogen (secondary N) is 3. The molecule has 1 atom stereocenters. The molecular weight excluding hydrogens is 306 g/mol. The molecule has 0 spiro atoms. The van der Waals surface area contributed by atoms with Gasteiger partial charge in [-0.15, -0.1) is 0 Å². The molecule has 24 heavy (non-hydrogen) atoms. The molecule has 1 saturated heterocycles. The molecule has 0 aromatic carbocycles. The minimum Gasteiger partial charge on any atom is -0.478 e. The fraction of sp³-hybridized carbons (Fsp3) is 0.471. The summed E-state index contributed by atoms with van der Waals surface area (Å²) in [6.45, 7) is 4.05. The molecule has 1 unspecified atom stereocenters. The van der Waals surface area contributed by atoms with Gasteiger partial charge in [-0.25, -0.2) is 4.79 Å². The van der Waals surface area contributed by atoms with Crippen LogP contribution in [0.3, 0.4) is 0 Å². The van der Waals surface area contributed by atoms with Crippen molar-refractivity contribution in [2.45, 2.75) is 32.2 Å². The minimum absolute atomic E-state index is 0.133. The zero-order valence-electron chi connectivity index (χ0n) is 14.2. The Morgan fingerprint density at radius 3 is 2.96 bits per heavy atom. The fourth-order valence-corrected chi connectivity index (χ4v) is 2.83. The number of nitrogens with zero attached hydrogens (tertiary/aromatic N) is 2. The average molecular weight is 331 g/mol. The molecule has 1 fully saturated rings. The van der Waals surface area contributed by atoms with E-state index in [0.717, 1.165) is 38.0 Å². The number of aromatic nitrogens is 1. The quantitative estimate of drug-likeness (QED) is 0.596. The Morgan fingerprint density at radius 2 is 2.25 bits per heavy atom. The van der Waals surface area contributed by atoms with Gasteiger partial charge in [-0.3, -0.25) is 4.98 Å². The molecule has 1 aliphatic rings. The number of rotatable bonds is 6. The van der Waals surface area contributed by atoms with E-state index in [4.69, 9.17) is 5.41 Å². The van der Waals surface area contributed by atoms with Crippen LogP contribution in [0.1, 0.15) is 36.5 Å². The maximum atomic E-state index is 11.3. The lowest BCUT2D eigenvalue weighted by Gasteiger charge is -2.21. The van der Waals surface area contributed by atoms with Gasteiger partial charge in [0.1, 0.15) is 0 Å². The highest BCUT2D eigenvalue weighted by molar-refractivity contribution is 5.95. The molecule has 7 heteroatoms. The Labute approximate surface area is 142 Å². The van der Waals surface area contributed by atoms with Crippen LogP contribution in [0.5, 0.6) is 0 Å². The first-order valence-corrected chi connectivity index (χ1v) is 8.12. The number of carboxylic acid groups (broad SMARTS) is 1. The summed E-state index contributed by atoms with van der Waals surface area (Å²) in [4.78, 5) is 17.6. The molecule has 0 bridgehead atoms. The molecule has 0 radical (unpaired) electrons. The van der Waals surface area contributed by atoms with Crippen molar-refractivity contribution in [3.05, 3.63) is 35.4 Å². The zero-order chi connectivity index (χ0) is 17.5. The first kappa shape index (κ1) is 17.9. The van der Waals surface area contributed by atoms with Gasteiger partial charge < -0.3 is 26.0 Å². The number of carbonyl (C=O) groups is 1. The normalized spacial score (nSPS) is 19.8. The summed E-state index contributed by atoms with van der Waals surface area (Å²) in [7, 11) is 2.13. The van der Waals surface area contributed by atoms with E-state index in [9.17, 15) is 9.90 Å². The van der Waals surface area contributed by atoms with Gasteiger partial charge in [0.05, 0.1) is 23.1 Å². The van der Waals surface area contributed by atoms with Crippen molar-refractivity contribution in [3.63, 3.8) is 0 Å². The SMILES string of the molecule is C/C(NC1CCCN(C)CC1)=C(/C=N)Nc1cnccc1C(=O)O. The van der Waals surface area contributed by atoms with Crippen molar-refractivity contribution in [1.82, 2.24) is 15.2 Å². The van der Waals surface area contributed by atoms with Crippen LogP contribution in [0.25, 0.3) is 0 Å². The van der Waals surface area contributed by atoms with Crippen LogP contribution in [0, 0.1) is 5.41 Å². The summed E-state index contributed by atoms with van der Waals surface area (Å²) in [5.74, 6) is -1.03. The highest BCUT2D eigenvalue weighted by Crippen LogP contribution is 2.17. The van der Waals surface area contributed by atoms with Crippen LogP contribution in [0.2, 0.25) is 0 Å². The van der Waals surface area contributed by atoms with Gasteiger partial charge in [-0.1, -0.05) is 0 Å². The molecule has 130 valence electrons. The van der Waals surface area contributed by atoms with Crippen molar-refractivity contribution in [1.29, 1.82) is 5.41 Å². The van der Waals surface area contributed by atoms with Crippen molar-refractivity contribution >= 4 is 17.9 Å². The van der Waals surface area contributed by atoms with Crippen LogP contribution in [0.4, 0.5) is 5.69 Å². The van der Waals surface area contributed by atoms with Gasteiger partial charge in [-0.2, -0.15) is 0 Å². The summed E-state index contributed by atoms with van der Waals surface area (Å²) in [5, 5.41) is 23.4. The summed E-state index contributed by atoms with van der Waals surface area (Å²) < 4.78 is 0. The van der Waals surface area contributed by atoms with Gasteiger partial charge in [-0.05, 0) is 52.4 Å². The fourth-order valence-electron chi connectivity index (χ4n) is 2.83. The van der Waals surface area contributed by atoms with Crippen molar-refractivity contribution in [3.8, 4) is 0 Å². The predicted molar refractivity (Wildman–Crippen MR) is 94.6 cm³/mol. The van der Waals surface area contributed by atoms with Gasteiger partial charge in [0.2, 0.25) is 0 Å². The molecule has 1 aromatic heterocycles. The molecule has 2 rings (SSSR count). The molecule has 0 amide bonds. The van der Waals surface area contributed by atoms with E-state index >= 15 is 0 Å². The maximum Gasteiger partial charge on any atom is 0.337 e. The lowest BCUT2D eigenvalue weighted by atomic mass is 10.1. The first-order chi connectivity index (χ1) is 11.5. The minimum atomic E-state index is -1.03. The number of likely N-dealkylation sites (tertiary alicyclic amines) is 1. The highest BCUT2D eigenvalue weighted by atomic mass is 16.4. The molecule has 4 N–H and O–H groups in total. The number of hydrogen-bond acceptors (Lipinski definition) is 6. The Balaban J connectivity index is 2.12. The second-order valence-electron chi connectivity index (χ2n) is 6.11. The highest BCUT2D eigenvalue weighted by Gasteiger charge is 2.16. The van der Waals surface area contributed by atoms with Gasteiger partial charge in [0, 0.05) is 24.2 Å². The van der Waals surface area contributed by atoms with Crippen LogP contribution >= 0.6 is 0 Å². The largest absolute Gasteiger partial charge is 0.478 e. The predicted octanol–water partition coefficient (Wildman–Crippen LogP) is 2.15. The second kappa shape index (κ2) is 8.44. The average Bonchev–Trinajstić information content (AvgIpc) is 2.77. The third kappa shape index (κ3) is 4.79. The van der Waals surface area contributed by atoms with E-state index in [0.29, 0.717) is 17.4 Å². The number of allylic oxidation sites excluding steroid dienone is 2. The number of aromatic carboxylic acids is 1. The topological polar surface area (TPSA) is 101 Å². The van der Waals surface area contributed by atoms with Crippen LogP contribution < -0.4 is 10.6 Å². The Hall–Kier alpha value is -2.41. The Kier molecular flexibility index (Phi) is 6.31. The number of carboxylic acids is 1. The molecule has 0 saturated carbocycles. The van der Waals surface area contributed by atoms with Crippen molar-refractivity contribution in [2.75, 3.05) is 25.5 Å². The maximum absolute atomic E-state index is 11.3. The summed E-state index contributed by atoms with van der Waals surface area (Å²) >= 11 is 0. The van der Waals surface area contributed by atoms with Crippen LogP contribution in [0.15, 0.2) is 29.9 Å². The summed E-state index contributed by atoms with van der Waals surface area (Å²) in [5.41, 5.74) is 1.89. The van der Waals surface area contributed by atoms with Gasteiger partial charge in [0.15, 0.2) is 0 Å². The third-order valence-corrected chi connectivity index (χ3v) is 4.24. The monoisotopic (exact) mass is 331 g/mol. The molecule has 7 nitrogen and oxygen atoms in total. The lowest BCUT2D eigenvalue weighted by molar-refractivity contribution is 0.0698. The zero-order valence-corrected chi connectivity index (χ0v) is 14.2. The van der Waals surface area contributed by atoms with Crippen molar-refractivity contribution in [2.24, 2.45) is 0 Å². The number of pyridine rings is 1. The van der Waals surface area contributed by atoms with E-state index in [1.165, 1.54) is 24.7 Å². The molecule has 2 heterocycles. The number of hydrogen-bond donors (Lipinski definition) is 4. The molecule has 0 aliphatic carbocycles. The third-order valence-electron chi connectivity index (χ3n) is 4.24. The molecule has 1 aliphatic heterocycles. The molecular formula is C17H25N5O2.